The molecule has 0 spiro atoms. The third-order valence-corrected chi connectivity index (χ3v) is 11.4. The summed E-state index contributed by atoms with van der Waals surface area (Å²) in [5.41, 5.74) is 2.33. The number of carbonyl (C=O) groups excluding carboxylic acids is 2. The lowest BCUT2D eigenvalue weighted by Crippen LogP contribution is -2.51. The molecule has 3 fully saturated rings. The largest absolute Gasteiger partial charge is 0.466 e. The fourth-order valence-electron chi connectivity index (χ4n) is 9.43. The molecular weight excluding hydrogens is 460 g/mol. The van der Waals surface area contributed by atoms with Crippen molar-refractivity contribution in [1.29, 1.82) is 0 Å². The minimum absolute atomic E-state index is 0.0398. The molecule has 4 aliphatic carbocycles. The molecule has 0 aromatic carbocycles. The number of esters is 2. The van der Waals surface area contributed by atoms with Gasteiger partial charge in [0.2, 0.25) is 0 Å². The molecule has 0 unspecified atom stereocenters. The second-order valence-corrected chi connectivity index (χ2v) is 13.9. The van der Waals surface area contributed by atoms with Crippen molar-refractivity contribution in [2.24, 2.45) is 46.3 Å². The van der Waals surface area contributed by atoms with E-state index in [1.54, 1.807) is 12.5 Å². The maximum Gasteiger partial charge on any atom is 0.306 e. The second kappa shape index (κ2) is 11.8. The highest BCUT2D eigenvalue weighted by Gasteiger charge is 2.59. The average molecular weight is 515 g/mol. The molecule has 37 heavy (non-hydrogen) atoms. The molecule has 0 aromatic heterocycles. The van der Waals surface area contributed by atoms with E-state index in [-0.39, 0.29) is 36.3 Å². The van der Waals surface area contributed by atoms with Crippen LogP contribution in [0.4, 0.5) is 0 Å². The SMILES string of the molecule is CCOC(=O)CCC(=O)O[C@@H]1CC[C@@]2(C)C(=CC[C@H]3[C@@H]4CC[C@H]([C@H](C)CCCC(C)C)[C@@]4(C)CC[C@@H]32)C1. The van der Waals surface area contributed by atoms with Gasteiger partial charge in [0.15, 0.2) is 0 Å². The summed E-state index contributed by atoms with van der Waals surface area (Å²) < 4.78 is 10.8. The Morgan fingerprint density at radius 2 is 1.73 bits per heavy atom. The van der Waals surface area contributed by atoms with E-state index in [9.17, 15) is 9.59 Å². The summed E-state index contributed by atoms with van der Waals surface area (Å²) in [5.74, 6) is 4.46. The molecule has 8 atom stereocenters. The Labute approximate surface area is 226 Å². The lowest BCUT2D eigenvalue weighted by molar-refractivity contribution is -0.155. The van der Waals surface area contributed by atoms with Crippen LogP contribution in [-0.4, -0.2) is 24.6 Å². The molecule has 0 radical (unpaired) electrons. The first kappa shape index (κ1) is 28.7. The molecule has 0 heterocycles. The summed E-state index contributed by atoms with van der Waals surface area (Å²) in [5, 5.41) is 0. The molecule has 4 rings (SSSR count). The molecule has 4 heteroatoms. The van der Waals surface area contributed by atoms with Gasteiger partial charge in [0.1, 0.15) is 6.10 Å². The predicted octanol–water partition coefficient (Wildman–Crippen LogP) is 8.28. The average Bonchev–Trinajstić information content (AvgIpc) is 3.20. The van der Waals surface area contributed by atoms with Crippen LogP contribution in [0, 0.1) is 46.3 Å². The highest BCUT2D eigenvalue weighted by atomic mass is 16.5. The maximum atomic E-state index is 12.4. The van der Waals surface area contributed by atoms with E-state index in [2.05, 4.69) is 40.7 Å². The van der Waals surface area contributed by atoms with Gasteiger partial charge >= 0.3 is 11.9 Å². The summed E-state index contributed by atoms with van der Waals surface area (Å²) in [7, 11) is 0. The second-order valence-electron chi connectivity index (χ2n) is 13.9. The number of allylic oxidation sites excluding steroid dienone is 1. The normalized spacial score (nSPS) is 37.7. The molecular formula is C33H54O4. The van der Waals surface area contributed by atoms with Gasteiger partial charge in [-0.15, -0.1) is 0 Å². The number of fused-ring (bicyclic) bond motifs is 5. The van der Waals surface area contributed by atoms with Crippen LogP contribution < -0.4 is 0 Å². The summed E-state index contributed by atoms with van der Waals surface area (Å²) in [6.45, 7) is 14.6. The number of hydrogen-bond donors (Lipinski definition) is 0. The van der Waals surface area contributed by atoms with Gasteiger partial charge in [-0.25, -0.2) is 0 Å². The molecule has 0 bridgehead atoms. The van der Waals surface area contributed by atoms with E-state index < -0.39 is 0 Å². The summed E-state index contributed by atoms with van der Waals surface area (Å²) >= 11 is 0. The first-order valence-corrected chi connectivity index (χ1v) is 15.6. The molecule has 210 valence electrons. The molecule has 0 saturated heterocycles. The Morgan fingerprint density at radius 1 is 0.973 bits per heavy atom. The Balaban J connectivity index is 1.36. The van der Waals surface area contributed by atoms with Crippen molar-refractivity contribution in [2.75, 3.05) is 6.61 Å². The predicted molar refractivity (Wildman–Crippen MR) is 149 cm³/mol. The van der Waals surface area contributed by atoms with Gasteiger partial charge in [0, 0.05) is 6.42 Å². The van der Waals surface area contributed by atoms with Gasteiger partial charge in [-0.2, -0.15) is 0 Å². The monoisotopic (exact) mass is 514 g/mol. The first-order chi connectivity index (χ1) is 17.6. The Kier molecular flexibility index (Phi) is 9.17. The van der Waals surface area contributed by atoms with E-state index in [1.165, 1.54) is 51.4 Å². The van der Waals surface area contributed by atoms with Gasteiger partial charge in [0.25, 0.3) is 0 Å². The third-order valence-electron chi connectivity index (χ3n) is 11.4. The van der Waals surface area contributed by atoms with Crippen LogP contribution in [0.25, 0.3) is 0 Å². The van der Waals surface area contributed by atoms with Crippen LogP contribution >= 0.6 is 0 Å². The standard InChI is InChI=1S/C33H54O4/c1-7-36-30(34)15-16-31(35)37-25-17-19-32(5)24(21-25)11-12-26-28-14-13-27(23(4)10-8-9-22(2)3)33(28,6)20-18-29(26)32/h11,22-23,25-29H,7-10,12-21H2,1-6H3/t23-,25-,26+,27-,28+,29+,32+,33-/m1/s1. The fraction of sp³-hybridized carbons (Fsp3) is 0.879. The Hall–Kier alpha value is -1.32. The van der Waals surface area contributed by atoms with Gasteiger partial charge in [0.05, 0.1) is 19.4 Å². The van der Waals surface area contributed by atoms with Crippen molar-refractivity contribution in [1.82, 2.24) is 0 Å². The molecule has 0 N–H and O–H groups in total. The van der Waals surface area contributed by atoms with E-state index in [4.69, 9.17) is 9.47 Å². The van der Waals surface area contributed by atoms with Crippen molar-refractivity contribution in [2.45, 2.75) is 131 Å². The molecule has 0 aromatic rings. The van der Waals surface area contributed by atoms with Crippen molar-refractivity contribution < 1.29 is 19.1 Å². The van der Waals surface area contributed by atoms with Crippen LogP contribution in [-0.2, 0) is 19.1 Å². The van der Waals surface area contributed by atoms with E-state index in [0.29, 0.717) is 12.0 Å². The van der Waals surface area contributed by atoms with Crippen LogP contribution in [0.3, 0.4) is 0 Å². The topological polar surface area (TPSA) is 52.6 Å². The molecule has 3 saturated carbocycles. The lowest BCUT2D eigenvalue weighted by atomic mass is 9.47. The maximum absolute atomic E-state index is 12.4. The van der Waals surface area contributed by atoms with Crippen LogP contribution in [0.2, 0.25) is 0 Å². The zero-order valence-electron chi connectivity index (χ0n) is 24.7. The van der Waals surface area contributed by atoms with E-state index in [1.807, 2.05) is 0 Å². The minimum atomic E-state index is -0.319. The first-order valence-electron chi connectivity index (χ1n) is 15.6. The Bertz CT molecular complexity index is 845. The van der Waals surface area contributed by atoms with Crippen molar-refractivity contribution in [3.05, 3.63) is 11.6 Å². The van der Waals surface area contributed by atoms with Gasteiger partial charge < -0.3 is 9.47 Å². The van der Waals surface area contributed by atoms with E-state index >= 15 is 0 Å². The molecule has 0 aliphatic heterocycles. The highest BCUT2D eigenvalue weighted by molar-refractivity contribution is 5.77. The summed E-state index contributed by atoms with van der Waals surface area (Å²) in [4.78, 5) is 24.0. The molecule has 4 nitrogen and oxygen atoms in total. The van der Waals surface area contributed by atoms with Crippen molar-refractivity contribution in [3.63, 3.8) is 0 Å². The summed E-state index contributed by atoms with van der Waals surface area (Å²) in [6, 6.07) is 0. The van der Waals surface area contributed by atoms with Gasteiger partial charge in [-0.3, -0.25) is 9.59 Å². The number of carbonyl (C=O) groups is 2. The number of hydrogen-bond acceptors (Lipinski definition) is 4. The third kappa shape index (κ3) is 5.98. The Morgan fingerprint density at radius 3 is 2.46 bits per heavy atom. The molecule has 0 amide bonds. The minimum Gasteiger partial charge on any atom is -0.466 e. The summed E-state index contributed by atoms with van der Waals surface area (Å²) in [6.07, 6.45) is 16.7. The quantitative estimate of drug-likeness (QED) is 0.217. The lowest BCUT2D eigenvalue weighted by Gasteiger charge is -2.58. The van der Waals surface area contributed by atoms with E-state index in [0.717, 1.165) is 54.8 Å². The number of ether oxygens (including phenoxy) is 2. The zero-order valence-corrected chi connectivity index (χ0v) is 24.7. The highest BCUT2D eigenvalue weighted by Crippen LogP contribution is 2.67. The van der Waals surface area contributed by atoms with Crippen LogP contribution in [0.1, 0.15) is 125 Å². The van der Waals surface area contributed by atoms with Crippen molar-refractivity contribution in [3.8, 4) is 0 Å². The zero-order chi connectivity index (χ0) is 26.8. The van der Waals surface area contributed by atoms with Gasteiger partial charge in [-0.05, 0) is 98.2 Å². The smallest absolute Gasteiger partial charge is 0.306 e. The fourth-order valence-corrected chi connectivity index (χ4v) is 9.43. The van der Waals surface area contributed by atoms with Gasteiger partial charge in [-0.1, -0.05) is 65.5 Å². The van der Waals surface area contributed by atoms with Crippen molar-refractivity contribution >= 4 is 11.9 Å². The van der Waals surface area contributed by atoms with Crippen LogP contribution in [0.15, 0.2) is 11.6 Å². The number of rotatable bonds is 10. The van der Waals surface area contributed by atoms with Crippen LogP contribution in [0.5, 0.6) is 0 Å². The molecule has 4 aliphatic rings.